The molecular formula is C17H16BrN3O3. The van der Waals surface area contributed by atoms with Gasteiger partial charge in [-0.25, -0.2) is 4.79 Å². The van der Waals surface area contributed by atoms with Crippen molar-refractivity contribution >= 4 is 27.4 Å². The molecule has 0 radical (unpaired) electrons. The number of H-pyrrole nitrogens is 1. The minimum atomic E-state index is -0.589. The average Bonchev–Trinajstić information content (AvgIpc) is 2.60. The highest BCUT2D eigenvalue weighted by molar-refractivity contribution is 9.10. The van der Waals surface area contributed by atoms with Crippen molar-refractivity contribution in [3.63, 3.8) is 0 Å². The highest BCUT2D eigenvalue weighted by Gasteiger charge is 2.18. The monoisotopic (exact) mass is 389 g/mol. The van der Waals surface area contributed by atoms with Gasteiger partial charge in [0.15, 0.2) is 0 Å². The van der Waals surface area contributed by atoms with Gasteiger partial charge >= 0.3 is 5.69 Å². The molecule has 1 N–H and O–H groups in total. The lowest BCUT2D eigenvalue weighted by atomic mass is 9.99. The Bertz CT molecular complexity index is 899. The molecule has 124 valence electrons. The molecule has 2 heterocycles. The lowest BCUT2D eigenvalue weighted by Crippen LogP contribution is -2.40. The minimum Gasteiger partial charge on any atom is -0.337 e. The molecule has 0 atom stereocenters. The molecule has 1 aromatic heterocycles. The van der Waals surface area contributed by atoms with Crippen molar-refractivity contribution in [2.75, 3.05) is 13.1 Å². The van der Waals surface area contributed by atoms with Crippen LogP contribution in [0.4, 0.5) is 0 Å². The Hall–Kier alpha value is -2.41. The first-order valence-corrected chi connectivity index (χ1v) is 8.35. The fourth-order valence-corrected chi connectivity index (χ4v) is 3.00. The van der Waals surface area contributed by atoms with Crippen LogP contribution >= 0.6 is 15.9 Å². The summed E-state index contributed by atoms with van der Waals surface area (Å²) >= 11 is 3.06. The molecule has 1 aliphatic heterocycles. The topological polar surface area (TPSA) is 75.2 Å². The maximum Gasteiger partial charge on any atom is 0.328 e. The van der Waals surface area contributed by atoms with Gasteiger partial charge in [-0.3, -0.25) is 19.1 Å². The van der Waals surface area contributed by atoms with Gasteiger partial charge in [-0.2, -0.15) is 0 Å². The number of aromatic nitrogens is 2. The van der Waals surface area contributed by atoms with E-state index >= 15 is 0 Å². The van der Waals surface area contributed by atoms with Crippen LogP contribution in [-0.2, 0) is 11.3 Å². The third-order valence-electron chi connectivity index (χ3n) is 3.98. The standard InChI is InChI=1S/C17H16BrN3O3/c18-14-10-21(17(24)19-16(14)23)11-15(22)20-8-6-13(7-9-20)12-4-2-1-3-5-12/h1-6,10H,7-9,11H2,(H,19,23,24). The second-order valence-electron chi connectivity index (χ2n) is 5.55. The summed E-state index contributed by atoms with van der Waals surface area (Å²) in [7, 11) is 0. The number of hydrogen-bond donors (Lipinski definition) is 1. The molecule has 0 bridgehead atoms. The molecule has 3 rings (SSSR count). The number of nitrogens with one attached hydrogen (secondary N) is 1. The van der Waals surface area contributed by atoms with Crippen molar-refractivity contribution < 1.29 is 4.79 Å². The number of benzene rings is 1. The van der Waals surface area contributed by atoms with Crippen LogP contribution in [0.2, 0.25) is 0 Å². The number of rotatable bonds is 3. The number of hydrogen-bond acceptors (Lipinski definition) is 3. The zero-order valence-electron chi connectivity index (χ0n) is 12.9. The van der Waals surface area contributed by atoms with E-state index in [9.17, 15) is 14.4 Å². The highest BCUT2D eigenvalue weighted by atomic mass is 79.9. The lowest BCUT2D eigenvalue weighted by molar-refractivity contribution is -0.131. The predicted molar refractivity (Wildman–Crippen MR) is 94.6 cm³/mol. The number of amides is 1. The first-order chi connectivity index (χ1) is 11.5. The van der Waals surface area contributed by atoms with Crippen LogP contribution in [0.1, 0.15) is 12.0 Å². The van der Waals surface area contributed by atoms with Crippen LogP contribution in [0, 0.1) is 0 Å². The van der Waals surface area contributed by atoms with Crippen LogP contribution in [0.3, 0.4) is 0 Å². The van der Waals surface area contributed by atoms with Crippen LogP contribution in [-0.4, -0.2) is 33.4 Å². The third kappa shape index (κ3) is 3.56. The molecule has 1 aliphatic rings. The van der Waals surface area contributed by atoms with Crippen molar-refractivity contribution in [3.05, 3.63) is 73.5 Å². The van der Waals surface area contributed by atoms with E-state index in [-0.39, 0.29) is 16.9 Å². The van der Waals surface area contributed by atoms with Crippen molar-refractivity contribution in [3.8, 4) is 0 Å². The minimum absolute atomic E-state index is 0.0945. The van der Waals surface area contributed by atoms with Crippen LogP contribution in [0.5, 0.6) is 0 Å². The Morgan fingerprint density at radius 2 is 1.96 bits per heavy atom. The van der Waals surface area contributed by atoms with Crippen LogP contribution < -0.4 is 11.2 Å². The van der Waals surface area contributed by atoms with Gasteiger partial charge in [-0.1, -0.05) is 36.4 Å². The van der Waals surface area contributed by atoms with Gasteiger partial charge in [-0.15, -0.1) is 0 Å². The summed E-state index contributed by atoms with van der Waals surface area (Å²) in [5, 5.41) is 0. The summed E-state index contributed by atoms with van der Waals surface area (Å²) in [4.78, 5) is 39.3. The Balaban J connectivity index is 1.70. The molecule has 0 aliphatic carbocycles. The maximum atomic E-state index is 12.4. The number of carbonyl (C=O) groups excluding carboxylic acids is 1. The van der Waals surface area contributed by atoms with Gasteiger partial charge < -0.3 is 4.90 Å². The smallest absolute Gasteiger partial charge is 0.328 e. The number of nitrogens with zero attached hydrogens (tertiary/aromatic N) is 2. The third-order valence-corrected chi connectivity index (χ3v) is 4.54. The van der Waals surface area contributed by atoms with Crippen LogP contribution in [0.15, 0.2) is 56.7 Å². The zero-order valence-corrected chi connectivity index (χ0v) is 14.5. The molecule has 24 heavy (non-hydrogen) atoms. The summed E-state index contributed by atoms with van der Waals surface area (Å²) in [5.41, 5.74) is 1.31. The van der Waals surface area contributed by atoms with Crippen LogP contribution in [0.25, 0.3) is 5.57 Å². The molecule has 0 saturated carbocycles. The van der Waals surface area contributed by atoms with Gasteiger partial charge in [0, 0.05) is 19.3 Å². The summed E-state index contributed by atoms with van der Waals surface area (Å²) < 4.78 is 1.42. The Morgan fingerprint density at radius 1 is 1.21 bits per heavy atom. The molecule has 6 nitrogen and oxygen atoms in total. The molecular weight excluding hydrogens is 374 g/mol. The van der Waals surface area contributed by atoms with E-state index in [0.29, 0.717) is 13.1 Å². The van der Waals surface area contributed by atoms with Gasteiger partial charge in [0.2, 0.25) is 5.91 Å². The van der Waals surface area contributed by atoms with Crippen molar-refractivity contribution in [1.82, 2.24) is 14.5 Å². The second kappa shape index (κ2) is 7.00. The van der Waals surface area contributed by atoms with E-state index < -0.39 is 11.2 Å². The molecule has 2 aromatic rings. The van der Waals surface area contributed by atoms with Gasteiger partial charge in [0.1, 0.15) is 6.54 Å². The Morgan fingerprint density at radius 3 is 2.62 bits per heavy atom. The predicted octanol–water partition coefficient (Wildman–Crippen LogP) is 1.61. The molecule has 1 amide bonds. The van der Waals surface area contributed by atoms with Crippen molar-refractivity contribution in [2.45, 2.75) is 13.0 Å². The first kappa shape index (κ1) is 16.4. The lowest BCUT2D eigenvalue weighted by Gasteiger charge is -2.27. The van der Waals surface area contributed by atoms with E-state index in [1.54, 1.807) is 4.90 Å². The molecule has 0 fully saturated rings. The van der Waals surface area contributed by atoms with E-state index in [1.165, 1.54) is 21.9 Å². The fourth-order valence-electron chi connectivity index (χ4n) is 2.66. The highest BCUT2D eigenvalue weighted by Crippen LogP contribution is 2.22. The summed E-state index contributed by atoms with van der Waals surface area (Å²) in [6.07, 6.45) is 4.16. The normalized spacial score (nSPS) is 14.4. The summed E-state index contributed by atoms with van der Waals surface area (Å²) in [6.45, 7) is 1.03. The maximum absolute atomic E-state index is 12.4. The fraction of sp³-hybridized carbons (Fsp3) is 0.235. The second-order valence-corrected chi connectivity index (χ2v) is 6.40. The van der Waals surface area contributed by atoms with E-state index in [1.807, 2.05) is 24.3 Å². The molecule has 0 unspecified atom stereocenters. The van der Waals surface area contributed by atoms with Crippen molar-refractivity contribution in [2.24, 2.45) is 0 Å². The summed E-state index contributed by atoms with van der Waals surface area (Å²) in [5.74, 6) is -0.153. The average molecular weight is 390 g/mol. The largest absolute Gasteiger partial charge is 0.337 e. The zero-order chi connectivity index (χ0) is 17.1. The molecule has 1 aromatic carbocycles. The van der Waals surface area contributed by atoms with E-state index in [0.717, 1.165) is 6.42 Å². The Kier molecular flexibility index (Phi) is 4.80. The number of aromatic amines is 1. The van der Waals surface area contributed by atoms with Crippen molar-refractivity contribution in [1.29, 1.82) is 0 Å². The molecule has 7 heteroatoms. The number of carbonyl (C=O) groups is 1. The van der Waals surface area contributed by atoms with Gasteiger partial charge in [0.25, 0.3) is 5.56 Å². The SMILES string of the molecule is O=C(Cn1cc(Br)c(=O)[nH]c1=O)N1CC=C(c2ccccc2)CC1. The molecule has 0 saturated heterocycles. The number of halogens is 1. The van der Waals surface area contributed by atoms with E-state index in [4.69, 9.17) is 0 Å². The van der Waals surface area contributed by atoms with Gasteiger partial charge in [-0.05, 0) is 33.5 Å². The first-order valence-electron chi connectivity index (χ1n) is 7.56. The summed E-state index contributed by atoms with van der Waals surface area (Å²) in [6, 6.07) is 10.1. The van der Waals surface area contributed by atoms with E-state index in [2.05, 4.69) is 33.0 Å². The van der Waals surface area contributed by atoms with Gasteiger partial charge in [0.05, 0.1) is 4.47 Å². The Labute approximate surface area is 146 Å². The quantitative estimate of drug-likeness (QED) is 0.866. The molecule has 0 spiro atoms.